The molecule has 0 saturated heterocycles. The van der Waals surface area contributed by atoms with Gasteiger partial charge in [-0.15, -0.1) is 0 Å². The van der Waals surface area contributed by atoms with Crippen molar-refractivity contribution in [2.75, 3.05) is 12.3 Å². The summed E-state index contributed by atoms with van der Waals surface area (Å²) in [5.41, 5.74) is 5.78. The minimum Gasteiger partial charge on any atom is -0.398 e. The number of aliphatic hydroxyl groups is 1. The van der Waals surface area contributed by atoms with E-state index in [9.17, 15) is 13.5 Å². The average molecular weight is 307 g/mol. The first-order valence-corrected chi connectivity index (χ1v) is 7.80. The van der Waals surface area contributed by atoms with Gasteiger partial charge in [-0.3, -0.25) is 0 Å². The molecule has 4 N–H and O–H groups in total. The second kappa shape index (κ2) is 6.56. The van der Waals surface area contributed by atoms with E-state index in [0.29, 0.717) is 11.4 Å². The van der Waals surface area contributed by atoms with E-state index in [1.165, 1.54) is 18.2 Å². The van der Waals surface area contributed by atoms with Gasteiger partial charge in [0, 0.05) is 11.1 Å². The van der Waals surface area contributed by atoms with Gasteiger partial charge in [-0.2, -0.15) is 0 Å². The van der Waals surface area contributed by atoms with E-state index in [-0.39, 0.29) is 23.1 Å². The standard InChI is InChI=1S/C12H19ClN2O3S/c1-8(2)5-10(7-16)15-19(17,18)12-6-9(13)3-4-11(12)14/h3-4,6,8,10,15-16H,5,7,14H2,1-2H3. The summed E-state index contributed by atoms with van der Waals surface area (Å²) in [4.78, 5) is -0.0674. The van der Waals surface area contributed by atoms with E-state index in [1.807, 2.05) is 13.8 Å². The first-order valence-electron chi connectivity index (χ1n) is 5.94. The van der Waals surface area contributed by atoms with Crippen molar-refractivity contribution in [3.8, 4) is 0 Å². The van der Waals surface area contributed by atoms with Crippen LogP contribution in [-0.2, 0) is 10.0 Å². The fourth-order valence-electron chi connectivity index (χ4n) is 1.75. The van der Waals surface area contributed by atoms with Crippen LogP contribution in [0.2, 0.25) is 5.02 Å². The summed E-state index contributed by atoms with van der Waals surface area (Å²) in [5, 5.41) is 9.52. The Morgan fingerprint density at radius 3 is 2.58 bits per heavy atom. The fraction of sp³-hybridized carbons (Fsp3) is 0.500. The van der Waals surface area contributed by atoms with Gasteiger partial charge in [-0.05, 0) is 30.5 Å². The summed E-state index contributed by atoms with van der Waals surface area (Å²) >= 11 is 5.78. The second-order valence-electron chi connectivity index (χ2n) is 4.81. The van der Waals surface area contributed by atoms with Crippen molar-refractivity contribution in [2.45, 2.75) is 31.2 Å². The lowest BCUT2D eigenvalue weighted by molar-refractivity contribution is 0.240. The molecule has 0 amide bonds. The van der Waals surface area contributed by atoms with Crippen LogP contribution < -0.4 is 10.5 Å². The Labute approximate surface area is 118 Å². The molecule has 0 saturated carbocycles. The van der Waals surface area contributed by atoms with Gasteiger partial charge in [0.2, 0.25) is 10.0 Å². The molecule has 0 aliphatic carbocycles. The molecular weight excluding hydrogens is 288 g/mol. The first-order chi connectivity index (χ1) is 8.76. The lowest BCUT2D eigenvalue weighted by Crippen LogP contribution is -2.38. The van der Waals surface area contributed by atoms with Crippen LogP contribution in [0.3, 0.4) is 0 Å². The zero-order valence-electron chi connectivity index (χ0n) is 10.9. The molecule has 0 radical (unpaired) electrons. The molecule has 1 unspecified atom stereocenters. The Hall–Kier alpha value is -0.820. The van der Waals surface area contributed by atoms with E-state index < -0.39 is 16.1 Å². The molecule has 7 heteroatoms. The zero-order valence-corrected chi connectivity index (χ0v) is 12.5. The maximum atomic E-state index is 12.2. The number of nitrogens with two attached hydrogens (primary N) is 1. The normalized spacial score (nSPS) is 13.7. The summed E-state index contributed by atoms with van der Waals surface area (Å²) in [5.74, 6) is 0.261. The quantitative estimate of drug-likeness (QED) is 0.696. The summed E-state index contributed by atoms with van der Waals surface area (Å²) in [7, 11) is -3.79. The van der Waals surface area contributed by atoms with E-state index in [4.69, 9.17) is 17.3 Å². The molecule has 1 rings (SSSR count). The van der Waals surface area contributed by atoms with Gasteiger partial charge in [0.25, 0.3) is 0 Å². The van der Waals surface area contributed by atoms with Crippen molar-refractivity contribution >= 4 is 27.3 Å². The van der Waals surface area contributed by atoms with Crippen LogP contribution in [0.5, 0.6) is 0 Å². The molecule has 0 spiro atoms. The van der Waals surface area contributed by atoms with E-state index >= 15 is 0 Å². The number of nitrogen functional groups attached to an aromatic ring is 1. The third-order valence-corrected chi connectivity index (χ3v) is 4.37. The van der Waals surface area contributed by atoms with Crippen molar-refractivity contribution in [1.29, 1.82) is 0 Å². The lowest BCUT2D eigenvalue weighted by atomic mass is 10.1. The average Bonchev–Trinajstić information content (AvgIpc) is 2.30. The Morgan fingerprint density at radius 2 is 2.05 bits per heavy atom. The largest absolute Gasteiger partial charge is 0.398 e. The van der Waals surface area contributed by atoms with Crippen LogP contribution >= 0.6 is 11.6 Å². The van der Waals surface area contributed by atoms with Gasteiger partial charge in [0.1, 0.15) is 4.90 Å². The van der Waals surface area contributed by atoms with Crippen LogP contribution in [0, 0.1) is 5.92 Å². The molecule has 0 bridgehead atoms. The highest BCUT2D eigenvalue weighted by Crippen LogP contribution is 2.23. The summed E-state index contributed by atoms with van der Waals surface area (Å²) < 4.78 is 26.8. The van der Waals surface area contributed by atoms with E-state index in [2.05, 4.69) is 4.72 Å². The number of hydrogen-bond donors (Lipinski definition) is 3. The van der Waals surface area contributed by atoms with Gasteiger partial charge in [-0.1, -0.05) is 25.4 Å². The molecule has 0 heterocycles. The van der Waals surface area contributed by atoms with Gasteiger partial charge in [0.05, 0.1) is 12.3 Å². The van der Waals surface area contributed by atoms with Crippen molar-refractivity contribution in [3.05, 3.63) is 23.2 Å². The minimum atomic E-state index is -3.79. The molecule has 1 atom stereocenters. The molecule has 108 valence electrons. The topological polar surface area (TPSA) is 92.4 Å². The molecule has 0 aliphatic heterocycles. The summed E-state index contributed by atoms with van der Waals surface area (Å²) in [6, 6.07) is 3.72. The highest BCUT2D eigenvalue weighted by Gasteiger charge is 2.22. The molecule has 5 nitrogen and oxygen atoms in total. The highest BCUT2D eigenvalue weighted by atomic mass is 35.5. The zero-order chi connectivity index (χ0) is 14.6. The summed E-state index contributed by atoms with van der Waals surface area (Å²) in [6.07, 6.45) is 0.538. The Balaban J connectivity index is 3.00. The maximum Gasteiger partial charge on any atom is 0.242 e. The highest BCUT2D eigenvalue weighted by molar-refractivity contribution is 7.89. The SMILES string of the molecule is CC(C)CC(CO)NS(=O)(=O)c1cc(Cl)ccc1N. The van der Waals surface area contributed by atoms with Crippen LogP contribution in [0.1, 0.15) is 20.3 Å². The smallest absolute Gasteiger partial charge is 0.242 e. The Morgan fingerprint density at radius 1 is 1.42 bits per heavy atom. The number of benzene rings is 1. The van der Waals surface area contributed by atoms with Crippen molar-refractivity contribution in [2.24, 2.45) is 5.92 Å². The maximum absolute atomic E-state index is 12.2. The van der Waals surface area contributed by atoms with Crippen molar-refractivity contribution in [3.63, 3.8) is 0 Å². The molecule has 0 aliphatic rings. The van der Waals surface area contributed by atoms with Crippen LogP contribution in [0.4, 0.5) is 5.69 Å². The van der Waals surface area contributed by atoms with Crippen LogP contribution in [-0.4, -0.2) is 26.2 Å². The molecule has 1 aromatic carbocycles. The number of nitrogens with one attached hydrogen (secondary N) is 1. The van der Waals surface area contributed by atoms with Gasteiger partial charge >= 0.3 is 0 Å². The predicted octanol–water partition coefficient (Wildman–Crippen LogP) is 1.61. The van der Waals surface area contributed by atoms with Gasteiger partial charge < -0.3 is 10.8 Å². The van der Waals surface area contributed by atoms with Crippen molar-refractivity contribution in [1.82, 2.24) is 4.72 Å². The van der Waals surface area contributed by atoms with Crippen LogP contribution in [0.15, 0.2) is 23.1 Å². The number of hydrogen-bond acceptors (Lipinski definition) is 4. The van der Waals surface area contributed by atoms with Gasteiger partial charge in [-0.25, -0.2) is 13.1 Å². The first kappa shape index (κ1) is 16.2. The fourth-order valence-corrected chi connectivity index (χ4v) is 3.39. The molecule has 0 fully saturated rings. The molecule has 1 aromatic rings. The second-order valence-corrected chi connectivity index (χ2v) is 6.93. The molecular formula is C12H19ClN2O3S. The number of sulfonamides is 1. The predicted molar refractivity (Wildman–Crippen MR) is 76.5 cm³/mol. The Kier molecular flexibility index (Phi) is 5.61. The monoisotopic (exact) mass is 306 g/mol. The Bertz CT molecular complexity index is 532. The van der Waals surface area contributed by atoms with E-state index in [1.54, 1.807) is 0 Å². The van der Waals surface area contributed by atoms with E-state index in [0.717, 1.165) is 0 Å². The third-order valence-electron chi connectivity index (χ3n) is 2.56. The third kappa shape index (κ3) is 4.65. The number of rotatable bonds is 6. The van der Waals surface area contributed by atoms with Gasteiger partial charge in [0.15, 0.2) is 0 Å². The molecule has 0 aromatic heterocycles. The van der Waals surface area contributed by atoms with Crippen LogP contribution in [0.25, 0.3) is 0 Å². The number of aliphatic hydroxyl groups excluding tert-OH is 1. The molecule has 19 heavy (non-hydrogen) atoms. The number of halogens is 1. The lowest BCUT2D eigenvalue weighted by Gasteiger charge is -2.19. The minimum absolute atomic E-state index is 0.0674. The number of anilines is 1. The van der Waals surface area contributed by atoms with Crippen molar-refractivity contribution < 1.29 is 13.5 Å². The summed E-state index contributed by atoms with van der Waals surface area (Å²) in [6.45, 7) is 3.63.